The van der Waals surface area contributed by atoms with Crippen molar-refractivity contribution >= 4 is 17.7 Å². The summed E-state index contributed by atoms with van der Waals surface area (Å²) in [6.07, 6.45) is 2.05. The number of hydrogen-bond acceptors (Lipinski definition) is 4. The zero-order valence-corrected chi connectivity index (χ0v) is 23.7. The predicted octanol–water partition coefficient (Wildman–Crippen LogP) is 4.16. The maximum Gasteiger partial charge on any atom is 0.248 e. The SMILES string of the molecule is CC(C)(C)C(c1cc(-c2cc(F)ccc2F)cn1Cc1ccccc1)N(CCCNC(=O)CCC(N)=O)C(=O)CO. The molecular weight excluding hydrogens is 530 g/mol. The van der Waals surface area contributed by atoms with Gasteiger partial charge in [0, 0.05) is 55.5 Å². The molecule has 0 aliphatic rings. The average molecular weight is 569 g/mol. The van der Waals surface area contributed by atoms with Crippen LogP contribution in [0.4, 0.5) is 8.78 Å². The van der Waals surface area contributed by atoms with Gasteiger partial charge in [-0.3, -0.25) is 14.4 Å². The Morgan fingerprint density at radius 2 is 1.76 bits per heavy atom. The van der Waals surface area contributed by atoms with Crippen molar-refractivity contribution in [1.82, 2.24) is 14.8 Å². The van der Waals surface area contributed by atoms with Crippen molar-refractivity contribution in [2.75, 3.05) is 19.7 Å². The van der Waals surface area contributed by atoms with Gasteiger partial charge in [-0.05, 0) is 41.7 Å². The summed E-state index contributed by atoms with van der Waals surface area (Å²) in [6, 6.07) is 14.1. The molecule has 1 heterocycles. The lowest BCUT2D eigenvalue weighted by molar-refractivity contribution is -0.139. The molecule has 41 heavy (non-hydrogen) atoms. The third kappa shape index (κ3) is 8.72. The number of nitrogens with one attached hydrogen (secondary N) is 1. The molecule has 2 aromatic carbocycles. The number of halogens is 2. The summed E-state index contributed by atoms with van der Waals surface area (Å²) in [5, 5.41) is 12.6. The quantitative estimate of drug-likeness (QED) is 0.269. The Bertz CT molecular complexity index is 1350. The minimum atomic E-state index is -0.720. The van der Waals surface area contributed by atoms with E-state index < -0.39 is 41.5 Å². The molecule has 10 heteroatoms. The van der Waals surface area contributed by atoms with E-state index in [1.807, 2.05) is 55.7 Å². The Balaban J connectivity index is 2.00. The molecule has 0 saturated heterocycles. The van der Waals surface area contributed by atoms with Gasteiger partial charge in [0.25, 0.3) is 0 Å². The van der Waals surface area contributed by atoms with Crippen LogP contribution >= 0.6 is 0 Å². The van der Waals surface area contributed by atoms with Gasteiger partial charge in [0.2, 0.25) is 17.7 Å². The summed E-state index contributed by atoms with van der Waals surface area (Å²) in [7, 11) is 0. The van der Waals surface area contributed by atoms with Crippen LogP contribution in [0, 0.1) is 17.0 Å². The Morgan fingerprint density at radius 3 is 2.39 bits per heavy atom. The molecule has 0 spiro atoms. The van der Waals surface area contributed by atoms with E-state index in [0.29, 0.717) is 24.2 Å². The molecule has 3 amide bonds. The van der Waals surface area contributed by atoms with E-state index in [0.717, 1.165) is 23.8 Å². The number of nitrogens with zero attached hydrogens (tertiary/aromatic N) is 2. The van der Waals surface area contributed by atoms with Crippen LogP contribution in [0.1, 0.15) is 57.3 Å². The first kappa shape index (κ1) is 31.5. The minimum Gasteiger partial charge on any atom is -0.387 e. The van der Waals surface area contributed by atoms with Crippen LogP contribution in [0.3, 0.4) is 0 Å². The molecule has 3 rings (SSSR count). The van der Waals surface area contributed by atoms with Crippen molar-refractivity contribution in [3.8, 4) is 11.1 Å². The molecule has 3 aromatic rings. The number of carbonyl (C=O) groups is 3. The van der Waals surface area contributed by atoms with Crippen LogP contribution in [0.25, 0.3) is 11.1 Å². The van der Waals surface area contributed by atoms with Gasteiger partial charge in [-0.15, -0.1) is 0 Å². The van der Waals surface area contributed by atoms with E-state index in [2.05, 4.69) is 5.32 Å². The summed E-state index contributed by atoms with van der Waals surface area (Å²) < 4.78 is 30.9. The number of aliphatic hydroxyl groups is 1. The smallest absolute Gasteiger partial charge is 0.248 e. The molecule has 0 aliphatic carbocycles. The number of aliphatic hydroxyl groups excluding tert-OH is 1. The monoisotopic (exact) mass is 568 g/mol. The summed E-state index contributed by atoms with van der Waals surface area (Å²) in [5.74, 6) is -2.53. The van der Waals surface area contributed by atoms with E-state index in [-0.39, 0.29) is 37.4 Å². The van der Waals surface area contributed by atoms with Gasteiger partial charge >= 0.3 is 0 Å². The van der Waals surface area contributed by atoms with Crippen molar-refractivity contribution in [3.63, 3.8) is 0 Å². The van der Waals surface area contributed by atoms with E-state index >= 15 is 0 Å². The molecule has 0 saturated carbocycles. The molecule has 1 aromatic heterocycles. The lowest BCUT2D eigenvalue weighted by Gasteiger charge is -2.41. The number of hydrogen-bond donors (Lipinski definition) is 3. The van der Waals surface area contributed by atoms with Crippen LogP contribution < -0.4 is 11.1 Å². The highest BCUT2D eigenvalue weighted by molar-refractivity contribution is 5.82. The number of primary amides is 1. The van der Waals surface area contributed by atoms with Gasteiger partial charge in [-0.25, -0.2) is 8.78 Å². The fourth-order valence-electron chi connectivity index (χ4n) is 4.90. The van der Waals surface area contributed by atoms with Crippen LogP contribution in [-0.2, 0) is 20.9 Å². The second-order valence-electron chi connectivity index (χ2n) is 11.1. The summed E-state index contributed by atoms with van der Waals surface area (Å²) in [5.41, 5.74) is 6.78. The van der Waals surface area contributed by atoms with Crippen molar-refractivity contribution in [2.24, 2.45) is 11.1 Å². The Morgan fingerprint density at radius 1 is 1.05 bits per heavy atom. The van der Waals surface area contributed by atoms with Crippen molar-refractivity contribution in [2.45, 2.75) is 52.6 Å². The van der Waals surface area contributed by atoms with Gasteiger partial charge in [-0.1, -0.05) is 51.1 Å². The molecule has 8 nitrogen and oxygen atoms in total. The van der Waals surface area contributed by atoms with E-state index in [1.54, 1.807) is 17.2 Å². The van der Waals surface area contributed by atoms with Crippen LogP contribution in [0.2, 0.25) is 0 Å². The molecule has 0 fully saturated rings. The highest BCUT2D eigenvalue weighted by Crippen LogP contribution is 2.41. The predicted molar refractivity (Wildman–Crippen MR) is 152 cm³/mol. The molecular formula is C31H38F2N4O4. The Labute approximate surface area is 239 Å². The fraction of sp³-hybridized carbons (Fsp3) is 0.387. The number of rotatable bonds is 13. The first-order chi connectivity index (χ1) is 19.4. The lowest BCUT2D eigenvalue weighted by atomic mass is 9.83. The van der Waals surface area contributed by atoms with Crippen molar-refractivity contribution < 1.29 is 28.3 Å². The maximum atomic E-state index is 14.8. The third-order valence-corrected chi connectivity index (χ3v) is 6.73. The summed E-state index contributed by atoms with van der Waals surface area (Å²) >= 11 is 0. The van der Waals surface area contributed by atoms with Crippen LogP contribution in [0.5, 0.6) is 0 Å². The van der Waals surface area contributed by atoms with E-state index in [4.69, 9.17) is 5.73 Å². The Kier molecular flexibility index (Phi) is 10.8. The first-order valence-corrected chi connectivity index (χ1v) is 13.6. The highest BCUT2D eigenvalue weighted by atomic mass is 19.1. The molecule has 0 bridgehead atoms. The average Bonchev–Trinajstić information content (AvgIpc) is 3.32. The van der Waals surface area contributed by atoms with E-state index in [9.17, 15) is 28.3 Å². The zero-order valence-electron chi connectivity index (χ0n) is 23.7. The number of nitrogens with two attached hydrogens (primary N) is 1. The Hall–Kier alpha value is -4.05. The number of benzene rings is 2. The van der Waals surface area contributed by atoms with Gasteiger partial charge in [0.05, 0.1) is 6.04 Å². The van der Waals surface area contributed by atoms with Crippen LogP contribution in [0.15, 0.2) is 60.8 Å². The summed E-state index contributed by atoms with van der Waals surface area (Å²) in [6.45, 7) is 6.03. The van der Waals surface area contributed by atoms with Crippen LogP contribution in [-0.4, -0.2) is 52.0 Å². The third-order valence-electron chi connectivity index (χ3n) is 6.73. The lowest BCUT2D eigenvalue weighted by Crippen LogP contribution is -2.44. The molecule has 0 radical (unpaired) electrons. The topological polar surface area (TPSA) is 118 Å². The van der Waals surface area contributed by atoms with Gasteiger partial charge in [-0.2, -0.15) is 0 Å². The largest absolute Gasteiger partial charge is 0.387 e. The first-order valence-electron chi connectivity index (χ1n) is 13.6. The maximum absolute atomic E-state index is 14.8. The molecule has 220 valence electrons. The normalized spacial score (nSPS) is 12.1. The van der Waals surface area contributed by atoms with Crippen molar-refractivity contribution in [3.05, 3.63) is 83.7 Å². The summed E-state index contributed by atoms with van der Waals surface area (Å²) in [4.78, 5) is 37.7. The van der Waals surface area contributed by atoms with Gasteiger partial charge in [0.15, 0.2) is 0 Å². The number of aromatic nitrogens is 1. The number of amides is 3. The highest BCUT2D eigenvalue weighted by Gasteiger charge is 2.37. The molecule has 0 aliphatic heterocycles. The standard InChI is InChI=1S/C31H38F2N4O4/c1-31(2,3)30(37(29(41)20-38)15-7-14-35-28(40)13-12-27(34)39)26-16-22(24-17-23(32)10-11-25(24)33)19-36(26)18-21-8-5-4-6-9-21/h4-6,8-11,16-17,19,30,38H,7,12-15,18,20H2,1-3H3,(H2,34,39)(H,35,40). The van der Waals surface area contributed by atoms with Gasteiger partial charge in [0.1, 0.15) is 18.2 Å². The second-order valence-corrected chi connectivity index (χ2v) is 11.1. The molecule has 1 atom stereocenters. The molecule has 1 unspecified atom stereocenters. The fourth-order valence-corrected chi connectivity index (χ4v) is 4.90. The van der Waals surface area contributed by atoms with E-state index in [1.165, 1.54) is 0 Å². The minimum absolute atomic E-state index is 0.0222. The molecule has 4 N–H and O–H groups in total. The second kappa shape index (κ2) is 14.0. The van der Waals surface area contributed by atoms with Gasteiger partial charge < -0.3 is 25.6 Å². The van der Waals surface area contributed by atoms with Crippen molar-refractivity contribution in [1.29, 1.82) is 0 Å². The number of carbonyl (C=O) groups excluding carboxylic acids is 3. The zero-order chi connectivity index (χ0) is 30.2.